The molecule has 0 heterocycles. The molecule has 0 aliphatic heterocycles. The first-order valence-corrected chi connectivity index (χ1v) is 9.41. The van der Waals surface area contributed by atoms with E-state index in [1.54, 1.807) is 20.8 Å². The molecule has 2 amide bonds. The van der Waals surface area contributed by atoms with Gasteiger partial charge in [-0.1, -0.05) is 36.4 Å². The van der Waals surface area contributed by atoms with Gasteiger partial charge in [-0.15, -0.1) is 0 Å². The number of phenols is 1. The Hall–Kier alpha value is -3.55. The number of hydrogen-bond donors (Lipinski definition) is 4. The van der Waals surface area contributed by atoms with E-state index in [9.17, 15) is 19.5 Å². The highest BCUT2D eigenvalue weighted by atomic mass is 16.6. The second kappa shape index (κ2) is 9.78. The number of phenolic OH excluding ortho intramolecular Hbond substituents is 1. The van der Waals surface area contributed by atoms with Crippen molar-refractivity contribution in [2.75, 3.05) is 5.32 Å². The van der Waals surface area contributed by atoms with Crippen molar-refractivity contribution < 1.29 is 29.3 Å². The van der Waals surface area contributed by atoms with Gasteiger partial charge in [-0.25, -0.2) is 4.79 Å². The molecule has 2 rings (SSSR count). The molecule has 2 aromatic rings. The van der Waals surface area contributed by atoms with Gasteiger partial charge in [0.05, 0.1) is 12.1 Å². The highest BCUT2D eigenvalue weighted by molar-refractivity contribution is 5.98. The lowest BCUT2D eigenvalue weighted by Gasteiger charge is -2.23. The lowest BCUT2D eigenvalue weighted by atomic mass is 10.0. The van der Waals surface area contributed by atoms with Gasteiger partial charge in [-0.2, -0.15) is 0 Å². The first kappa shape index (κ1) is 22.7. The maximum absolute atomic E-state index is 12.9. The fraction of sp³-hybridized carbons (Fsp3) is 0.318. The number of rotatable bonds is 7. The normalized spacial score (nSPS) is 12.0. The maximum Gasteiger partial charge on any atom is 0.408 e. The van der Waals surface area contributed by atoms with Crippen LogP contribution >= 0.6 is 0 Å². The van der Waals surface area contributed by atoms with Crippen LogP contribution in [0.3, 0.4) is 0 Å². The standard InChI is InChI=1S/C22H26N2O6/c1-22(2,3)30-21(29)24-17(11-14-7-5-4-6-8-14)20(28)23-16-12-15(13-19(26)27)9-10-18(16)25/h4-10,12,17,25H,11,13H2,1-3H3,(H,23,28)(H,24,29)(H,26,27). The first-order chi connectivity index (χ1) is 14.0. The topological polar surface area (TPSA) is 125 Å². The van der Waals surface area contributed by atoms with Gasteiger partial charge in [0.25, 0.3) is 0 Å². The monoisotopic (exact) mass is 414 g/mol. The largest absolute Gasteiger partial charge is 0.506 e. The predicted octanol–water partition coefficient (Wildman–Crippen LogP) is 3.09. The van der Waals surface area contributed by atoms with Gasteiger partial charge < -0.3 is 25.6 Å². The smallest absolute Gasteiger partial charge is 0.408 e. The molecule has 1 unspecified atom stereocenters. The molecule has 30 heavy (non-hydrogen) atoms. The van der Waals surface area contributed by atoms with Crippen LogP contribution in [-0.4, -0.2) is 39.8 Å². The Morgan fingerprint density at radius 2 is 1.70 bits per heavy atom. The Bertz CT molecular complexity index is 906. The summed E-state index contributed by atoms with van der Waals surface area (Å²) < 4.78 is 5.25. The Kier molecular flexibility index (Phi) is 7.41. The van der Waals surface area contributed by atoms with Crippen molar-refractivity contribution in [3.63, 3.8) is 0 Å². The number of nitrogens with one attached hydrogen (secondary N) is 2. The Morgan fingerprint density at radius 3 is 2.30 bits per heavy atom. The van der Waals surface area contributed by atoms with E-state index in [4.69, 9.17) is 9.84 Å². The number of carbonyl (C=O) groups excluding carboxylic acids is 2. The summed E-state index contributed by atoms with van der Waals surface area (Å²) in [5.74, 6) is -1.83. The molecule has 0 aliphatic carbocycles. The fourth-order valence-electron chi connectivity index (χ4n) is 2.70. The molecule has 0 spiro atoms. The number of ether oxygens (including phenoxy) is 1. The molecular weight excluding hydrogens is 388 g/mol. The lowest BCUT2D eigenvalue weighted by Crippen LogP contribution is -2.47. The number of amides is 2. The van der Waals surface area contributed by atoms with Crippen molar-refractivity contribution in [3.05, 3.63) is 59.7 Å². The van der Waals surface area contributed by atoms with E-state index >= 15 is 0 Å². The minimum absolute atomic E-state index is 0.0581. The third-order valence-electron chi connectivity index (χ3n) is 3.96. The van der Waals surface area contributed by atoms with E-state index in [1.807, 2.05) is 30.3 Å². The molecule has 4 N–H and O–H groups in total. The van der Waals surface area contributed by atoms with Crippen molar-refractivity contribution in [2.45, 2.75) is 45.3 Å². The lowest BCUT2D eigenvalue weighted by molar-refractivity contribution is -0.136. The van der Waals surface area contributed by atoms with Crippen LogP contribution in [0.15, 0.2) is 48.5 Å². The van der Waals surface area contributed by atoms with Gasteiger partial charge in [0.15, 0.2) is 0 Å². The molecular formula is C22H26N2O6. The van der Waals surface area contributed by atoms with Crippen LogP contribution in [0.4, 0.5) is 10.5 Å². The van der Waals surface area contributed by atoms with Gasteiger partial charge in [0.1, 0.15) is 17.4 Å². The zero-order valence-corrected chi connectivity index (χ0v) is 17.1. The molecule has 0 saturated carbocycles. The highest BCUT2D eigenvalue weighted by Gasteiger charge is 2.25. The Morgan fingerprint density at radius 1 is 1.03 bits per heavy atom. The van der Waals surface area contributed by atoms with E-state index in [0.717, 1.165) is 5.56 Å². The number of aromatic hydroxyl groups is 1. The van der Waals surface area contributed by atoms with Crippen LogP contribution < -0.4 is 10.6 Å². The van der Waals surface area contributed by atoms with E-state index < -0.39 is 29.6 Å². The minimum atomic E-state index is -1.04. The molecule has 0 saturated heterocycles. The van der Waals surface area contributed by atoms with Gasteiger partial charge in [-0.05, 0) is 44.0 Å². The fourth-order valence-corrected chi connectivity index (χ4v) is 2.70. The number of alkyl carbamates (subject to hydrolysis) is 1. The van der Waals surface area contributed by atoms with Crippen molar-refractivity contribution in [2.24, 2.45) is 0 Å². The minimum Gasteiger partial charge on any atom is -0.506 e. The number of hydrogen-bond acceptors (Lipinski definition) is 5. The molecule has 0 aromatic heterocycles. The zero-order valence-electron chi connectivity index (χ0n) is 17.1. The summed E-state index contributed by atoms with van der Waals surface area (Å²) in [6.45, 7) is 5.14. The number of carboxylic acids is 1. The third kappa shape index (κ3) is 7.46. The van der Waals surface area contributed by atoms with Crippen LogP contribution in [0.2, 0.25) is 0 Å². The summed E-state index contributed by atoms with van der Waals surface area (Å²) in [5.41, 5.74) is 0.553. The van der Waals surface area contributed by atoms with Crippen molar-refractivity contribution in [1.82, 2.24) is 5.32 Å². The maximum atomic E-state index is 12.9. The molecule has 8 heteroatoms. The summed E-state index contributed by atoms with van der Waals surface area (Å²) in [5, 5.41) is 24.1. The van der Waals surface area contributed by atoms with E-state index in [2.05, 4.69) is 10.6 Å². The number of anilines is 1. The van der Waals surface area contributed by atoms with Crippen LogP contribution in [-0.2, 0) is 27.2 Å². The predicted molar refractivity (Wildman–Crippen MR) is 111 cm³/mol. The summed E-state index contributed by atoms with van der Waals surface area (Å²) in [4.78, 5) is 36.0. The second-order valence-electron chi connectivity index (χ2n) is 7.80. The van der Waals surface area contributed by atoms with Crippen LogP contribution in [0.1, 0.15) is 31.9 Å². The number of carboxylic acid groups (broad SMARTS) is 1. The molecule has 0 bridgehead atoms. The number of benzene rings is 2. The van der Waals surface area contributed by atoms with E-state index in [1.165, 1.54) is 18.2 Å². The van der Waals surface area contributed by atoms with Crippen molar-refractivity contribution in [1.29, 1.82) is 0 Å². The molecule has 2 aromatic carbocycles. The van der Waals surface area contributed by atoms with Gasteiger partial charge in [0, 0.05) is 6.42 Å². The molecule has 8 nitrogen and oxygen atoms in total. The van der Waals surface area contributed by atoms with E-state index in [0.29, 0.717) is 5.56 Å². The molecule has 160 valence electrons. The Labute approximate surface area is 174 Å². The molecule has 1 atom stereocenters. The average molecular weight is 414 g/mol. The Balaban J connectivity index is 2.21. The third-order valence-corrected chi connectivity index (χ3v) is 3.96. The highest BCUT2D eigenvalue weighted by Crippen LogP contribution is 2.25. The summed E-state index contributed by atoms with van der Waals surface area (Å²) in [7, 11) is 0. The summed E-state index contributed by atoms with van der Waals surface area (Å²) in [6.07, 6.45) is -0.809. The summed E-state index contributed by atoms with van der Waals surface area (Å²) in [6, 6.07) is 12.3. The molecule has 0 aliphatic rings. The van der Waals surface area contributed by atoms with Gasteiger partial charge >= 0.3 is 12.1 Å². The molecule has 0 radical (unpaired) electrons. The molecule has 0 fully saturated rings. The summed E-state index contributed by atoms with van der Waals surface area (Å²) >= 11 is 0. The average Bonchev–Trinajstić information content (AvgIpc) is 2.63. The zero-order chi connectivity index (χ0) is 22.3. The number of carbonyl (C=O) groups is 3. The van der Waals surface area contributed by atoms with E-state index in [-0.39, 0.29) is 24.3 Å². The van der Waals surface area contributed by atoms with Crippen LogP contribution in [0.25, 0.3) is 0 Å². The first-order valence-electron chi connectivity index (χ1n) is 9.41. The SMILES string of the molecule is CC(C)(C)OC(=O)NC(Cc1ccccc1)C(=O)Nc1cc(CC(=O)O)ccc1O. The number of aliphatic carboxylic acids is 1. The van der Waals surface area contributed by atoms with Crippen LogP contribution in [0, 0.1) is 0 Å². The van der Waals surface area contributed by atoms with Gasteiger partial charge in [0.2, 0.25) is 5.91 Å². The quantitative estimate of drug-likeness (QED) is 0.516. The van der Waals surface area contributed by atoms with Crippen LogP contribution in [0.5, 0.6) is 5.75 Å². The second-order valence-corrected chi connectivity index (χ2v) is 7.80. The van der Waals surface area contributed by atoms with Crippen molar-refractivity contribution in [3.8, 4) is 5.75 Å². The van der Waals surface area contributed by atoms with Gasteiger partial charge in [-0.3, -0.25) is 9.59 Å². The van der Waals surface area contributed by atoms with Crippen molar-refractivity contribution >= 4 is 23.7 Å².